The molecular weight excluding hydrogens is 134 g/mol. The van der Waals surface area contributed by atoms with Crippen LogP contribution in [0.3, 0.4) is 0 Å². The number of rotatable bonds is 4. The molecule has 0 amide bonds. The molecule has 0 aromatic heterocycles. The lowest BCUT2D eigenvalue weighted by Crippen LogP contribution is -2.17. The van der Waals surface area contributed by atoms with E-state index in [1.807, 2.05) is 0 Å². The average Bonchev–Trinajstić information content (AvgIpc) is 1.85. The summed E-state index contributed by atoms with van der Waals surface area (Å²) in [6.07, 6.45) is 1.06. The van der Waals surface area contributed by atoms with Gasteiger partial charge in [-0.15, -0.1) is 0 Å². The summed E-state index contributed by atoms with van der Waals surface area (Å²) in [5.74, 6) is 0. The first-order valence-corrected chi connectivity index (χ1v) is 3.06. The highest BCUT2D eigenvalue weighted by molar-refractivity contribution is 5.57. The van der Waals surface area contributed by atoms with E-state index in [4.69, 9.17) is 0 Å². The molecule has 0 heterocycles. The first kappa shape index (κ1) is 9.07. The van der Waals surface area contributed by atoms with Gasteiger partial charge in [-0.2, -0.15) is 0 Å². The van der Waals surface area contributed by atoms with E-state index in [1.165, 1.54) is 0 Å². The third kappa shape index (κ3) is 4.00. The van der Waals surface area contributed by atoms with Crippen LogP contribution in [0.1, 0.15) is 20.3 Å². The zero-order valence-electron chi connectivity index (χ0n) is 6.16. The van der Waals surface area contributed by atoms with Gasteiger partial charge in [0.2, 0.25) is 6.54 Å². The molecule has 0 saturated carbocycles. The maximum absolute atomic E-state index is 10.2. The summed E-state index contributed by atoms with van der Waals surface area (Å²) < 4.78 is 0. The lowest BCUT2D eigenvalue weighted by Gasteiger charge is -2.12. The molecule has 0 N–H and O–H groups in total. The molecule has 0 aromatic carbocycles. The van der Waals surface area contributed by atoms with Crippen LogP contribution in [-0.4, -0.2) is 17.8 Å². The van der Waals surface area contributed by atoms with E-state index in [0.29, 0.717) is 6.42 Å². The number of aldehydes is 1. The molecule has 0 aromatic rings. The summed E-state index contributed by atoms with van der Waals surface area (Å²) in [5, 5.41) is 9.85. The minimum Gasteiger partial charge on any atom is -0.303 e. The highest BCUT2D eigenvalue weighted by Crippen LogP contribution is 2.15. The van der Waals surface area contributed by atoms with E-state index in [2.05, 4.69) is 0 Å². The van der Waals surface area contributed by atoms with Gasteiger partial charge in [-0.25, -0.2) is 0 Å². The molecular formula is C6H11NO3. The van der Waals surface area contributed by atoms with Crippen molar-refractivity contribution in [2.45, 2.75) is 20.3 Å². The Morgan fingerprint density at radius 2 is 2.10 bits per heavy atom. The van der Waals surface area contributed by atoms with Crippen LogP contribution >= 0.6 is 0 Å². The largest absolute Gasteiger partial charge is 0.303 e. The minimum atomic E-state index is -0.549. The summed E-state index contributed by atoms with van der Waals surface area (Å²) in [6.45, 7) is 3.23. The number of hydrogen-bond donors (Lipinski definition) is 0. The van der Waals surface area contributed by atoms with E-state index in [-0.39, 0.29) is 6.54 Å². The quantitative estimate of drug-likeness (QED) is 0.335. The van der Waals surface area contributed by atoms with E-state index < -0.39 is 10.3 Å². The Kier molecular flexibility index (Phi) is 2.99. The molecule has 0 aliphatic rings. The van der Waals surface area contributed by atoms with E-state index in [1.54, 1.807) is 13.8 Å². The molecule has 4 heteroatoms. The maximum atomic E-state index is 10.2. The van der Waals surface area contributed by atoms with Crippen molar-refractivity contribution >= 4 is 6.29 Å². The van der Waals surface area contributed by atoms with Gasteiger partial charge >= 0.3 is 0 Å². The highest BCUT2D eigenvalue weighted by Gasteiger charge is 2.18. The minimum absolute atomic E-state index is 0.133. The lowest BCUT2D eigenvalue weighted by atomic mass is 9.92. The number of carbonyl (C=O) groups excluding carboxylic acids is 1. The molecule has 0 atom stereocenters. The normalized spacial score (nSPS) is 11.0. The smallest absolute Gasteiger partial charge is 0.204 e. The zero-order chi connectivity index (χ0) is 8.20. The van der Waals surface area contributed by atoms with E-state index in [0.717, 1.165) is 6.29 Å². The van der Waals surface area contributed by atoms with Crippen LogP contribution in [0.4, 0.5) is 0 Å². The van der Waals surface area contributed by atoms with Crippen molar-refractivity contribution in [1.29, 1.82) is 0 Å². The van der Waals surface area contributed by atoms with Gasteiger partial charge in [0.1, 0.15) is 6.29 Å². The second kappa shape index (κ2) is 3.29. The fourth-order valence-corrected chi connectivity index (χ4v) is 0.438. The van der Waals surface area contributed by atoms with Gasteiger partial charge in [0.15, 0.2) is 0 Å². The molecule has 0 aliphatic carbocycles. The molecule has 0 fully saturated rings. The third-order valence-electron chi connectivity index (χ3n) is 1.26. The first-order valence-electron chi connectivity index (χ1n) is 3.06. The maximum Gasteiger partial charge on any atom is 0.204 e. The average molecular weight is 145 g/mol. The zero-order valence-corrected chi connectivity index (χ0v) is 6.16. The van der Waals surface area contributed by atoms with Crippen LogP contribution < -0.4 is 0 Å². The van der Waals surface area contributed by atoms with Crippen LogP contribution in [-0.2, 0) is 4.79 Å². The Morgan fingerprint density at radius 3 is 2.40 bits per heavy atom. The molecule has 0 bridgehead atoms. The van der Waals surface area contributed by atoms with E-state index >= 15 is 0 Å². The summed E-state index contributed by atoms with van der Waals surface area (Å²) in [6, 6.07) is 0. The van der Waals surface area contributed by atoms with Gasteiger partial charge < -0.3 is 4.79 Å². The molecule has 0 spiro atoms. The van der Waals surface area contributed by atoms with Gasteiger partial charge in [0.05, 0.1) is 0 Å². The monoisotopic (exact) mass is 145 g/mol. The molecule has 10 heavy (non-hydrogen) atoms. The van der Waals surface area contributed by atoms with Crippen LogP contribution in [0.25, 0.3) is 0 Å². The van der Waals surface area contributed by atoms with E-state index in [9.17, 15) is 14.9 Å². The van der Waals surface area contributed by atoms with Gasteiger partial charge in [-0.3, -0.25) is 10.1 Å². The predicted octanol–water partition coefficient (Wildman–Crippen LogP) is 0.878. The Morgan fingerprint density at radius 1 is 1.60 bits per heavy atom. The summed E-state index contributed by atoms with van der Waals surface area (Å²) in [4.78, 5) is 19.7. The summed E-state index contributed by atoms with van der Waals surface area (Å²) in [7, 11) is 0. The lowest BCUT2D eigenvalue weighted by molar-refractivity contribution is -0.482. The van der Waals surface area contributed by atoms with Crippen LogP contribution in [0.2, 0.25) is 0 Å². The second-order valence-corrected chi connectivity index (χ2v) is 2.91. The molecule has 0 unspecified atom stereocenters. The van der Waals surface area contributed by atoms with Crippen molar-refractivity contribution in [3.8, 4) is 0 Å². The highest BCUT2D eigenvalue weighted by atomic mass is 16.6. The van der Waals surface area contributed by atoms with Crippen LogP contribution in [0, 0.1) is 15.5 Å². The number of hydrogen-bond acceptors (Lipinski definition) is 3. The third-order valence-corrected chi connectivity index (χ3v) is 1.26. The molecule has 0 aliphatic heterocycles. The van der Waals surface area contributed by atoms with Gasteiger partial charge in [0.25, 0.3) is 0 Å². The predicted molar refractivity (Wildman–Crippen MR) is 36.3 cm³/mol. The molecule has 4 nitrogen and oxygen atoms in total. The van der Waals surface area contributed by atoms with Gasteiger partial charge in [0, 0.05) is 16.8 Å². The standard InChI is InChI=1S/C6H11NO3/c1-6(2,5-8)3-4-7(9)10/h5H,3-4H2,1-2H3. The Hall–Kier alpha value is -0.930. The second-order valence-electron chi connectivity index (χ2n) is 2.91. The number of carbonyl (C=O) groups is 1. The Balaban J connectivity index is 3.67. The number of nitrogens with zero attached hydrogens (tertiary/aromatic N) is 1. The van der Waals surface area contributed by atoms with Gasteiger partial charge in [-0.05, 0) is 0 Å². The van der Waals surface area contributed by atoms with Crippen molar-refractivity contribution < 1.29 is 9.72 Å². The molecule has 0 saturated heterocycles. The van der Waals surface area contributed by atoms with Crippen molar-refractivity contribution in [2.24, 2.45) is 5.41 Å². The van der Waals surface area contributed by atoms with Gasteiger partial charge in [-0.1, -0.05) is 13.8 Å². The fraction of sp³-hybridized carbons (Fsp3) is 0.833. The molecule has 58 valence electrons. The van der Waals surface area contributed by atoms with Crippen molar-refractivity contribution in [2.75, 3.05) is 6.54 Å². The topological polar surface area (TPSA) is 60.2 Å². The Bertz CT molecular complexity index is 142. The van der Waals surface area contributed by atoms with Crippen LogP contribution in [0.5, 0.6) is 0 Å². The van der Waals surface area contributed by atoms with Crippen molar-refractivity contribution in [1.82, 2.24) is 0 Å². The SMILES string of the molecule is CC(C)(C=O)CC[N+](=O)[O-]. The van der Waals surface area contributed by atoms with Crippen molar-refractivity contribution in [3.63, 3.8) is 0 Å². The summed E-state index contributed by atoms with van der Waals surface area (Å²) >= 11 is 0. The van der Waals surface area contributed by atoms with Crippen molar-refractivity contribution in [3.05, 3.63) is 10.1 Å². The Labute approximate surface area is 59.4 Å². The van der Waals surface area contributed by atoms with Crippen LogP contribution in [0.15, 0.2) is 0 Å². The first-order chi connectivity index (χ1) is 4.48. The summed E-state index contributed by atoms with van der Waals surface area (Å²) in [5.41, 5.74) is -0.549. The number of nitro groups is 1. The molecule has 0 radical (unpaired) electrons. The fourth-order valence-electron chi connectivity index (χ4n) is 0.438. The molecule has 0 rings (SSSR count).